The molecule has 0 radical (unpaired) electrons. The molecule has 17 heavy (non-hydrogen) atoms. The molecular weight excluding hydrogens is 218 g/mol. The van der Waals surface area contributed by atoms with Gasteiger partial charge in [-0.2, -0.15) is 0 Å². The van der Waals surface area contributed by atoms with Gasteiger partial charge in [0.25, 0.3) is 5.91 Å². The normalized spacial score (nSPS) is 19.2. The maximum atomic E-state index is 12.0. The van der Waals surface area contributed by atoms with E-state index >= 15 is 0 Å². The minimum Gasteiger partial charge on any atom is -0.508 e. The van der Waals surface area contributed by atoms with Crippen LogP contribution in [-0.4, -0.2) is 35.7 Å². The Hall–Kier alpha value is -1.55. The van der Waals surface area contributed by atoms with Crippen molar-refractivity contribution in [3.05, 3.63) is 29.8 Å². The Bertz CT molecular complexity index is 382. The van der Waals surface area contributed by atoms with Crippen LogP contribution in [0.2, 0.25) is 0 Å². The van der Waals surface area contributed by atoms with Crippen LogP contribution in [0.15, 0.2) is 24.3 Å². The molecule has 1 amide bonds. The van der Waals surface area contributed by atoms with Crippen LogP contribution in [0.1, 0.15) is 18.4 Å². The lowest BCUT2D eigenvalue weighted by Crippen LogP contribution is -2.35. The second kappa shape index (κ2) is 5.19. The molecule has 4 nitrogen and oxygen atoms in total. The highest BCUT2D eigenvalue weighted by Crippen LogP contribution is 2.16. The molecule has 1 aliphatic rings. The molecule has 1 fully saturated rings. The van der Waals surface area contributed by atoms with E-state index in [1.165, 1.54) is 0 Å². The van der Waals surface area contributed by atoms with Crippen LogP contribution in [0.4, 0.5) is 0 Å². The van der Waals surface area contributed by atoms with Crippen LogP contribution in [0.3, 0.4) is 0 Å². The van der Waals surface area contributed by atoms with Crippen molar-refractivity contribution in [3.8, 4) is 5.75 Å². The molecule has 92 valence electrons. The largest absolute Gasteiger partial charge is 0.508 e. The molecule has 0 spiro atoms. The maximum Gasteiger partial charge on any atom is 0.251 e. The highest BCUT2D eigenvalue weighted by atomic mass is 16.5. The topological polar surface area (TPSA) is 49.8 Å². The number of likely N-dealkylation sites (N-methyl/N-ethyl adjacent to an activating group) is 1. The number of phenolic OH excluding ortho intramolecular Hbond substituents is 1. The standard InChI is InChI=1S/C13H17NO3/c1-14(13(16)12-3-2-8-17-12)9-10-4-6-11(15)7-5-10/h4-7,12,15H,2-3,8-9H2,1H3. The van der Waals surface area contributed by atoms with Crippen molar-refractivity contribution < 1.29 is 14.6 Å². The fraction of sp³-hybridized carbons (Fsp3) is 0.462. The monoisotopic (exact) mass is 235 g/mol. The third-order valence-corrected chi connectivity index (χ3v) is 2.94. The molecule has 0 bridgehead atoms. The Morgan fingerprint density at radius 3 is 2.76 bits per heavy atom. The van der Waals surface area contributed by atoms with Crippen LogP contribution in [0.5, 0.6) is 5.75 Å². The molecule has 1 N–H and O–H groups in total. The van der Waals surface area contributed by atoms with Crippen LogP contribution in [0.25, 0.3) is 0 Å². The molecule has 1 atom stereocenters. The molecule has 1 unspecified atom stereocenters. The number of nitrogens with zero attached hydrogens (tertiary/aromatic N) is 1. The van der Waals surface area contributed by atoms with Gasteiger partial charge in [-0.1, -0.05) is 12.1 Å². The van der Waals surface area contributed by atoms with Gasteiger partial charge in [0.1, 0.15) is 11.9 Å². The number of amides is 1. The Kier molecular flexibility index (Phi) is 3.64. The van der Waals surface area contributed by atoms with Crippen molar-refractivity contribution in [2.45, 2.75) is 25.5 Å². The smallest absolute Gasteiger partial charge is 0.251 e. The zero-order chi connectivity index (χ0) is 12.3. The highest BCUT2D eigenvalue weighted by molar-refractivity contribution is 5.80. The number of hydrogen-bond acceptors (Lipinski definition) is 3. The van der Waals surface area contributed by atoms with E-state index < -0.39 is 0 Å². The number of benzene rings is 1. The zero-order valence-corrected chi connectivity index (χ0v) is 9.93. The number of carbonyl (C=O) groups excluding carboxylic acids is 1. The fourth-order valence-electron chi connectivity index (χ4n) is 1.97. The van der Waals surface area contributed by atoms with Crippen LogP contribution >= 0.6 is 0 Å². The molecule has 1 saturated heterocycles. The third kappa shape index (κ3) is 2.97. The van der Waals surface area contributed by atoms with Crippen LogP contribution in [0, 0.1) is 0 Å². The summed E-state index contributed by atoms with van der Waals surface area (Å²) in [6, 6.07) is 6.88. The van der Waals surface area contributed by atoms with E-state index in [-0.39, 0.29) is 17.8 Å². The Balaban J connectivity index is 1.93. The molecule has 1 aromatic carbocycles. The first-order valence-corrected chi connectivity index (χ1v) is 5.81. The summed E-state index contributed by atoms with van der Waals surface area (Å²) in [6.45, 7) is 1.22. The molecular formula is C13H17NO3. The van der Waals surface area contributed by atoms with E-state index in [2.05, 4.69) is 0 Å². The van der Waals surface area contributed by atoms with E-state index in [9.17, 15) is 9.90 Å². The third-order valence-electron chi connectivity index (χ3n) is 2.94. The van der Waals surface area contributed by atoms with E-state index in [1.54, 1.807) is 24.1 Å². The predicted molar refractivity (Wildman–Crippen MR) is 63.6 cm³/mol. The van der Waals surface area contributed by atoms with Crippen LogP contribution < -0.4 is 0 Å². The van der Waals surface area contributed by atoms with Gasteiger partial charge in [-0.3, -0.25) is 4.79 Å². The molecule has 0 saturated carbocycles. The van der Waals surface area contributed by atoms with Gasteiger partial charge in [0.2, 0.25) is 0 Å². The van der Waals surface area contributed by atoms with Gasteiger partial charge in [0, 0.05) is 20.2 Å². The minimum absolute atomic E-state index is 0.0376. The van der Waals surface area contributed by atoms with Gasteiger partial charge >= 0.3 is 0 Å². The first kappa shape index (κ1) is 11.9. The Morgan fingerprint density at radius 1 is 1.47 bits per heavy atom. The second-order valence-electron chi connectivity index (χ2n) is 4.36. The molecule has 1 aliphatic heterocycles. The van der Waals surface area contributed by atoms with Crippen LogP contribution in [-0.2, 0) is 16.1 Å². The summed E-state index contributed by atoms with van der Waals surface area (Å²) < 4.78 is 5.36. The van der Waals surface area contributed by atoms with Crippen molar-refractivity contribution in [2.24, 2.45) is 0 Å². The zero-order valence-electron chi connectivity index (χ0n) is 9.93. The average Bonchev–Trinajstić information content (AvgIpc) is 2.84. The lowest BCUT2D eigenvalue weighted by molar-refractivity contribution is -0.140. The average molecular weight is 235 g/mol. The van der Waals surface area contributed by atoms with Crippen molar-refractivity contribution in [2.75, 3.05) is 13.7 Å². The molecule has 1 heterocycles. The van der Waals surface area contributed by atoms with E-state index in [4.69, 9.17) is 4.74 Å². The van der Waals surface area contributed by atoms with Gasteiger partial charge in [-0.25, -0.2) is 0 Å². The molecule has 0 aliphatic carbocycles. The summed E-state index contributed by atoms with van der Waals surface area (Å²) in [6.07, 6.45) is 1.51. The SMILES string of the molecule is CN(Cc1ccc(O)cc1)C(=O)C1CCCO1. The summed E-state index contributed by atoms with van der Waals surface area (Å²) in [5, 5.41) is 9.17. The predicted octanol–water partition coefficient (Wildman–Crippen LogP) is 1.53. The van der Waals surface area contributed by atoms with Gasteiger partial charge < -0.3 is 14.7 Å². The minimum atomic E-state index is -0.267. The van der Waals surface area contributed by atoms with Gasteiger partial charge in [0.05, 0.1) is 0 Å². The quantitative estimate of drug-likeness (QED) is 0.864. The number of rotatable bonds is 3. The van der Waals surface area contributed by atoms with Crippen molar-refractivity contribution in [1.29, 1.82) is 0 Å². The van der Waals surface area contributed by atoms with E-state index in [0.717, 1.165) is 18.4 Å². The van der Waals surface area contributed by atoms with Gasteiger partial charge in [0.15, 0.2) is 0 Å². The van der Waals surface area contributed by atoms with E-state index in [0.29, 0.717) is 13.2 Å². The first-order valence-electron chi connectivity index (χ1n) is 5.81. The van der Waals surface area contributed by atoms with Gasteiger partial charge in [-0.15, -0.1) is 0 Å². The summed E-state index contributed by atoms with van der Waals surface area (Å²) in [4.78, 5) is 13.6. The summed E-state index contributed by atoms with van der Waals surface area (Å²) >= 11 is 0. The number of aromatic hydroxyl groups is 1. The summed E-state index contributed by atoms with van der Waals surface area (Å²) in [7, 11) is 1.77. The summed E-state index contributed by atoms with van der Waals surface area (Å²) in [5.74, 6) is 0.275. The Labute approximate surface area is 101 Å². The van der Waals surface area contributed by atoms with Gasteiger partial charge in [-0.05, 0) is 30.5 Å². The number of ether oxygens (including phenoxy) is 1. The Morgan fingerprint density at radius 2 is 2.18 bits per heavy atom. The molecule has 2 rings (SSSR count). The number of carbonyl (C=O) groups is 1. The lowest BCUT2D eigenvalue weighted by Gasteiger charge is -2.20. The lowest BCUT2D eigenvalue weighted by atomic mass is 10.2. The molecule has 4 heteroatoms. The van der Waals surface area contributed by atoms with Crippen molar-refractivity contribution >= 4 is 5.91 Å². The maximum absolute atomic E-state index is 12.0. The number of hydrogen-bond donors (Lipinski definition) is 1. The first-order chi connectivity index (χ1) is 8.16. The van der Waals surface area contributed by atoms with E-state index in [1.807, 2.05) is 12.1 Å². The van der Waals surface area contributed by atoms with Crippen molar-refractivity contribution in [1.82, 2.24) is 4.90 Å². The fourth-order valence-corrected chi connectivity index (χ4v) is 1.97. The highest BCUT2D eigenvalue weighted by Gasteiger charge is 2.26. The number of phenols is 1. The molecule has 1 aromatic rings. The second-order valence-corrected chi connectivity index (χ2v) is 4.36. The summed E-state index contributed by atoms with van der Waals surface area (Å²) in [5.41, 5.74) is 0.997. The molecule has 0 aromatic heterocycles. The van der Waals surface area contributed by atoms with Crippen molar-refractivity contribution in [3.63, 3.8) is 0 Å².